The largest absolute Gasteiger partial charge is 0.480 e. The molecule has 0 aromatic carbocycles. The number of ketones is 1. The minimum atomic E-state index is -1.10. The van der Waals surface area contributed by atoms with Crippen molar-refractivity contribution in [3.63, 3.8) is 0 Å². The predicted octanol–water partition coefficient (Wildman–Crippen LogP) is 1.68. The van der Waals surface area contributed by atoms with Crippen molar-refractivity contribution in [1.29, 1.82) is 0 Å². The number of Topliss-reactive ketones (excluding diaryl/α,β-unsaturated/α-hetero) is 1. The highest BCUT2D eigenvalue weighted by Gasteiger charge is 2.37. The standard InChI is InChI=1S/C13H18N2O4/c1-8(17)9-5-10(14-6-9)15(7-16)11(12(18)19)13(2,3)4/h5-7,11,14H,1-4H3,(H,18,19). The van der Waals surface area contributed by atoms with E-state index >= 15 is 0 Å². The third-order valence-electron chi connectivity index (χ3n) is 2.80. The van der Waals surface area contributed by atoms with E-state index in [2.05, 4.69) is 4.98 Å². The van der Waals surface area contributed by atoms with Crippen LogP contribution in [-0.2, 0) is 9.59 Å². The van der Waals surface area contributed by atoms with E-state index in [9.17, 15) is 19.5 Å². The molecule has 0 bridgehead atoms. The van der Waals surface area contributed by atoms with E-state index in [4.69, 9.17) is 0 Å². The second-order valence-electron chi connectivity index (χ2n) is 5.45. The van der Waals surface area contributed by atoms with E-state index in [-0.39, 0.29) is 5.78 Å². The van der Waals surface area contributed by atoms with Crippen LogP contribution in [0.25, 0.3) is 0 Å². The van der Waals surface area contributed by atoms with Crippen molar-refractivity contribution in [1.82, 2.24) is 4.98 Å². The van der Waals surface area contributed by atoms with Crippen LogP contribution in [0.3, 0.4) is 0 Å². The normalized spacial score (nSPS) is 12.8. The molecule has 104 valence electrons. The SMILES string of the molecule is CC(=O)c1c[nH]c(N(C=O)C(C(=O)O)C(C)(C)C)c1. The van der Waals surface area contributed by atoms with E-state index in [1.54, 1.807) is 20.8 Å². The summed E-state index contributed by atoms with van der Waals surface area (Å²) in [6.45, 7) is 6.60. The Morgan fingerprint density at radius 3 is 2.32 bits per heavy atom. The second-order valence-corrected chi connectivity index (χ2v) is 5.45. The summed E-state index contributed by atoms with van der Waals surface area (Å²) in [5.41, 5.74) is -0.242. The molecule has 1 unspecified atom stereocenters. The molecule has 6 heteroatoms. The molecule has 1 atom stereocenters. The Bertz CT molecular complexity index is 499. The first kappa shape index (κ1) is 14.9. The Morgan fingerprint density at radius 1 is 1.42 bits per heavy atom. The number of amides is 1. The molecule has 0 fully saturated rings. The summed E-state index contributed by atoms with van der Waals surface area (Å²) in [7, 11) is 0. The average Bonchev–Trinajstić information content (AvgIpc) is 2.72. The van der Waals surface area contributed by atoms with Crippen molar-refractivity contribution in [2.24, 2.45) is 5.41 Å². The third-order valence-corrected chi connectivity index (χ3v) is 2.80. The molecule has 1 rings (SSSR count). The maximum atomic E-state index is 11.4. The number of anilines is 1. The minimum Gasteiger partial charge on any atom is -0.480 e. The van der Waals surface area contributed by atoms with Gasteiger partial charge in [0.05, 0.1) is 0 Å². The first-order chi connectivity index (χ1) is 8.68. The van der Waals surface area contributed by atoms with Crippen molar-refractivity contribution in [2.45, 2.75) is 33.7 Å². The number of carboxylic acids is 1. The van der Waals surface area contributed by atoms with E-state index in [1.807, 2.05) is 0 Å². The molecule has 0 saturated carbocycles. The summed E-state index contributed by atoms with van der Waals surface area (Å²) >= 11 is 0. The summed E-state index contributed by atoms with van der Waals surface area (Å²) in [4.78, 5) is 37.7. The molecule has 0 radical (unpaired) electrons. The van der Waals surface area contributed by atoms with Gasteiger partial charge in [-0.2, -0.15) is 0 Å². The van der Waals surface area contributed by atoms with Crippen LogP contribution < -0.4 is 4.90 Å². The molecule has 6 nitrogen and oxygen atoms in total. The van der Waals surface area contributed by atoms with E-state index < -0.39 is 17.4 Å². The topological polar surface area (TPSA) is 90.5 Å². The number of nitrogens with one attached hydrogen (secondary N) is 1. The molecule has 1 heterocycles. The van der Waals surface area contributed by atoms with Crippen molar-refractivity contribution in [3.05, 3.63) is 17.8 Å². The number of nitrogens with zero attached hydrogens (tertiary/aromatic N) is 1. The van der Waals surface area contributed by atoms with Gasteiger partial charge >= 0.3 is 5.97 Å². The molecule has 1 aromatic rings. The lowest BCUT2D eigenvalue weighted by molar-refractivity contribution is -0.142. The van der Waals surface area contributed by atoms with E-state index in [0.717, 1.165) is 4.90 Å². The predicted molar refractivity (Wildman–Crippen MR) is 70.2 cm³/mol. The lowest BCUT2D eigenvalue weighted by atomic mass is 9.86. The molecule has 0 aliphatic carbocycles. The summed E-state index contributed by atoms with van der Waals surface area (Å²) < 4.78 is 0. The first-order valence-electron chi connectivity index (χ1n) is 5.84. The molecule has 0 saturated heterocycles. The zero-order valence-electron chi connectivity index (χ0n) is 11.4. The number of aromatic nitrogens is 1. The zero-order valence-corrected chi connectivity index (χ0v) is 11.4. The zero-order chi connectivity index (χ0) is 14.8. The maximum Gasteiger partial charge on any atom is 0.327 e. The quantitative estimate of drug-likeness (QED) is 0.626. The summed E-state index contributed by atoms with van der Waals surface area (Å²) in [5, 5.41) is 9.31. The maximum absolute atomic E-state index is 11.4. The fraction of sp³-hybridized carbons (Fsp3) is 0.462. The van der Waals surface area contributed by atoms with Gasteiger partial charge in [0.25, 0.3) is 0 Å². The number of aromatic amines is 1. The molecule has 19 heavy (non-hydrogen) atoms. The van der Waals surface area contributed by atoms with Gasteiger partial charge in [0.1, 0.15) is 11.9 Å². The molecule has 0 spiro atoms. The van der Waals surface area contributed by atoms with Crippen molar-refractivity contribution in [2.75, 3.05) is 4.90 Å². The van der Waals surface area contributed by atoms with Crippen LogP contribution >= 0.6 is 0 Å². The number of rotatable bonds is 5. The number of aliphatic carboxylic acids is 1. The molecule has 0 aliphatic rings. The van der Waals surface area contributed by atoms with Crippen LogP contribution in [0.1, 0.15) is 38.1 Å². The highest BCUT2D eigenvalue weighted by Crippen LogP contribution is 2.28. The van der Waals surface area contributed by atoms with Crippen LogP contribution in [0.2, 0.25) is 0 Å². The third kappa shape index (κ3) is 3.21. The summed E-state index contributed by atoms with van der Waals surface area (Å²) in [6, 6.07) is 0.446. The molecule has 1 amide bonds. The van der Waals surface area contributed by atoms with Crippen LogP contribution in [0.4, 0.5) is 5.82 Å². The van der Waals surface area contributed by atoms with Crippen molar-refractivity contribution in [3.8, 4) is 0 Å². The monoisotopic (exact) mass is 266 g/mol. The lowest BCUT2D eigenvalue weighted by Crippen LogP contribution is -2.49. The average molecular weight is 266 g/mol. The second kappa shape index (κ2) is 5.26. The highest BCUT2D eigenvalue weighted by atomic mass is 16.4. The molecule has 1 aromatic heterocycles. The fourth-order valence-corrected chi connectivity index (χ4v) is 1.90. The van der Waals surface area contributed by atoms with Gasteiger partial charge in [-0.1, -0.05) is 20.8 Å². The van der Waals surface area contributed by atoms with Gasteiger partial charge in [-0.15, -0.1) is 0 Å². The Balaban J connectivity index is 3.20. The van der Waals surface area contributed by atoms with Gasteiger partial charge in [0.15, 0.2) is 5.78 Å². The van der Waals surface area contributed by atoms with E-state index in [0.29, 0.717) is 17.8 Å². The number of carbonyl (C=O) groups excluding carboxylic acids is 2. The van der Waals surface area contributed by atoms with Gasteiger partial charge in [-0.3, -0.25) is 14.5 Å². The van der Waals surface area contributed by atoms with Crippen LogP contribution in [-0.4, -0.2) is 34.3 Å². The Labute approximate surface area is 111 Å². The van der Waals surface area contributed by atoms with Gasteiger partial charge in [-0.05, 0) is 18.4 Å². The Kier molecular flexibility index (Phi) is 4.14. The number of carbonyl (C=O) groups is 3. The molecular weight excluding hydrogens is 248 g/mol. The lowest BCUT2D eigenvalue weighted by Gasteiger charge is -2.33. The first-order valence-corrected chi connectivity index (χ1v) is 5.84. The molecular formula is C13H18N2O4. The van der Waals surface area contributed by atoms with Crippen molar-refractivity contribution < 1.29 is 19.5 Å². The molecule has 2 N–H and O–H groups in total. The number of carboxylic acid groups (broad SMARTS) is 1. The number of H-pyrrole nitrogens is 1. The van der Waals surface area contributed by atoms with Crippen molar-refractivity contribution >= 4 is 24.0 Å². The number of hydrogen-bond donors (Lipinski definition) is 2. The molecule has 0 aliphatic heterocycles. The van der Waals surface area contributed by atoms with Crippen LogP contribution in [0.5, 0.6) is 0 Å². The van der Waals surface area contributed by atoms with Crippen LogP contribution in [0.15, 0.2) is 12.3 Å². The smallest absolute Gasteiger partial charge is 0.327 e. The fourth-order valence-electron chi connectivity index (χ4n) is 1.90. The van der Waals surface area contributed by atoms with Gasteiger partial charge in [0, 0.05) is 11.8 Å². The van der Waals surface area contributed by atoms with Gasteiger partial charge < -0.3 is 10.1 Å². The van der Waals surface area contributed by atoms with Crippen LogP contribution in [0, 0.1) is 5.41 Å². The number of hydrogen-bond acceptors (Lipinski definition) is 3. The summed E-state index contributed by atoms with van der Waals surface area (Å²) in [6.07, 6.45) is 1.91. The Morgan fingerprint density at radius 2 is 2.00 bits per heavy atom. The van der Waals surface area contributed by atoms with Gasteiger partial charge in [-0.25, -0.2) is 4.79 Å². The highest BCUT2D eigenvalue weighted by molar-refractivity contribution is 5.96. The van der Waals surface area contributed by atoms with E-state index in [1.165, 1.54) is 19.2 Å². The Hall–Kier alpha value is -2.11. The minimum absolute atomic E-state index is 0.156. The summed E-state index contributed by atoms with van der Waals surface area (Å²) in [5.74, 6) is -0.961. The van der Waals surface area contributed by atoms with Gasteiger partial charge in [0.2, 0.25) is 6.41 Å².